The number of nitrogens with zero attached hydrogens (tertiary/aromatic N) is 4. The minimum atomic E-state index is -0.0183. The summed E-state index contributed by atoms with van der Waals surface area (Å²) in [6.45, 7) is 12.9. The van der Waals surface area contributed by atoms with Gasteiger partial charge in [0.15, 0.2) is 5.82 Å². The van der Waals surface area contributed by atoms with E-state index >= 15 is 0 Å². The zero-order chi connectivity index (χ0) is 18.2. The van der Waals surface area contributed by atoms with E-state index in [-0.39, 0.29) is 11.3 Å². The molecule has 25 heavy (non-hydrogen) atoms. The average Bonchev–Trinajstić information content (AvgIpc) is 2.96. The molecule has 0 saturated heterocycles. The number of carbonyl (C=O) groups is 1. The molecular weight excluding hydrogens is 314 g/mol. The van der Waals surface area contributed by atoms with Crippen molar-refractivity contribution in [1.82, 2.24) is 14.8 Å². The van der Waals surface area contributed by atoms with E-state index < -0.39 is 0 Å². The second kappa shape index (κ2) is 6.50. The van der Waals surface area contributed by atoms with Gasteiger partial charge in [-0.2, -0.15) is 0 Å². The minimum absolute atomic E-state index is 0.0183. The van der Waals surface area contributed by atoms with Crippen molar-refractivity contribution in [2.24, 2.45) is 5.41 Å². The molecule has 1 aliphatic heterocycles. The van der Waals surface area contributed by atoms with Crippen molar-refractivity contribution in [1.29, 1.82) is 0 Å². The van der Waals surface area contributed by atoms with Crippen LogP contribution in [0.1, 0.15) is 44.1 Å². The van der Waals surface area contributed by atoms with Gasteiger partial charge in [0.1, 0.15) is 6.33 Å². The third-order valence-electron chi connectivity index (χ3n) is 4.48. The summed E-state index contributed by atoms with van der Waals surface area (Å²) in [4.78, 5) is 14.6. The van der Waals surface area contributed by atoms with Crippen molar-refractivity contribution >= 4 is 17.3 Å². The van der Waals surface area contributed by atoms with Gasteiger partial charge in [-0.3, -0.25) is 4.79 Å². The molecular formula is C19H27N5O. The van der Waals surface area contributed by atoms with Gasteiger partial charge in [0, 0.05) is 30.9 Å². The van der Waals surface area contributed by atoms with E-state index in [0.29, 0.717) is 6.42 Å². The second-order valence-electron chi connectivity index (χ2n) is 8.10. The largest absolute Gasteiger partial charge is 0.362 e. The Morgan fingerprint density at radius 1 is 1.20 bits per heavy atom. The standard InChI is InChI=1S/C19H27N5O/c1-13-8-15(23-6-7-24-12-20-22-16(24)11-23)9-14(2)18(13)21-17(25)10-19(3,4)5/h8-9,12H,6-7,10-11H2,1-5H3,(H,21,25). The quantitative estimate of drug-likeness (QED) is 0.930. The molecule has 1 N–H and O–H groups in total. The summed E-state index contributed by atoms with van der Waals surface area (Å²) >= 11 is 0. The zero-order valence-electron chi connectivity index (χ0n) is 15.8. The summed E-state index contributed by atoms with van der Waals surface area (Å²) < 4.78 is 2.09. The maximum Gasteiger partial charge on any atom is 0.224 e. The summed E-state index contributed by atoms with van der Waals surface area (Å²) in [6, 6.07) is 4.29. The third kappa shape index (κ3) is 4.00. The number of carbonyl (C=O) groups excluding carboxylic acids is 1. The van der Waals surface area contributed by atoms with Crippen LogP contribution in [0.4, 0.5) is 11.4 Å². The number of benzene rings is 1. The lowest BCUT2D eigenvalue weighted by atomic mass is 9.92. The topological polar surface area (TPSA) is 63.1 Å². The summed E-state index contributed by atoms with van der Waals surface area (Å²) in [7, 11) is 0. The number of hydrogen-bond acceptors (Lipinski definition) is 4. The van der Waals surface area contributed by atoms with E-state index in [1.807, 2.05) is 0 Å². The van der Waals surface area contributed by atoms with Crippen molar-refractivity contribution in [3.63, 3.8) is 0 Å². The summed E-state index contributed by atoms with van der Waals surface area (Å²) in [5.41, 5.74) is 4.25. The predicted molar refractivity (Wildman–Crippen MR) is 99.7 cm³/mol. The number of nitrogens with one attached hydrogen (secondary N) is 1. The first-order chi connectivity index (χ1) is 11.7. The Balaban J connectivity index is 1.78. The molecule has 134 valence electrons. The molecule has 0 atom stereocenters. The van der Waals surface area contributed by atoms with E-state index in [1.165, 1.54) is 0 Å². The van der Waals surface area contributed by atoms with Gasteiger partial charge >= 0.3 is 0 Å². The number of fused-ring (bicyclic) bond motifs is 1. The Bertz CT molecular complexity index is 764. The van der Waals surface area contributed by atoms with Crippen LogP contribution in [0.5, 0.6) is 0 Å². The Labute approximate surface area is 149 Å². The first-order valence-corrected chi connectivity index (χ1v) is 8.76. The van der Waals surface area contributed by atoms with Crippen molar-refractivity contribution in [3.05, 3.63) is 35.4 Å². The molecule has 0 bridgehead atoms. The van der Waals surface area contributed by atoms with Crippen LogP contribution in [-0.4, -0.2) is 27.2 Å². The average molecular weight is 341 g/mol. The molecule has 0 spiro atoms. The third-order valence-corrected chi connectivity index (χ3v) is 4.48. The van der Waals surface area contributed by atoms with Gasteiger partial charge in [-0.1, -0.05) is 20.8 Å². The highest BCUT2D eigenvalue weighted by atomic mass is 16.1. The van der Waals surface area contributed by atoms with Gasteiger partial charge < -0.3 is 14.8 Å². The van der Waals surface area contributed by atoms with Crippen molar-refractivity contribution < 1.29 is 4.79 Å². The van der Waals surface area contributed by atoms with Gasteiger partial charge in [-0.25, -0.2) is 0 Å². The molecule has 2 heterocycles. The molecule has 3 rings (SSSR count). The summed E-state index contributed by atoms with van der Waals surface area (Å²) in [5.74, 6) is 1.06. The highest BCUT2D eigenvalue weighted by Crippen LogP contribution is 2.30. The lowest BCUT2D eigenvalue weighted by Crippen LogP contribution is -2.33. The number of aromatic nitrogens is 3. The predicted octanol–water partition coefficient (Wildman–Crippen LogP) is 3.29. The lowest BCUT2D eigenvalue weighted by Gasteiger charge is -2.30. The van der Waals surface area contributed by atoms with Crippen LogP contribution in [-0.2, 0) is 17.9 Å². The molecule has 0 unspecified atom stereocenters. The van der Waals surface area contributed by atoms with Crippen molar-refractivity contribution in [2.75, 3.05) is 16.8 Å². The SMILES string of the molecule is Cc1cc(N2CCn3cnnc3C2)cc(C)c1NC(=O)CC(C)(C)C. The molecule has 1 aliphatic rings. The minimum Gasteiger partial charge on any atom is -0.362 e. The molecule has 1 amide bonds. The first kappa shape index (κ1) is 17.5. The number of hydrogen-bond donors (Lipinski definition) is 1. The van der Waals surface area contributed by atoms with E-state index in [9.17, 15) is 4.79 Å². The fraction of sp³-hybridized carbons (Fsp3) is 0.526. The Morgan fingerprint density at radius 2 is 1.88 bits per heavy atom. The smallest absolute Gasteiger partial charge is 0.224 e. The van der Waals surface area contributed by atoms with E-state index in [4.69, 9.17) is 0 Å². The first-order valence-electron chi connectivity index (χ1n) is 8.76. The van der Waals surface area contributed by atoms with Crippen LogP contribution in [0.25, 0.3) is 0 Å². The fourth-order valence-corrected chi connectivity index (χ4v) is 3.27. The van der Waals surface area contributed by atoms with Crippen LogP contribution >= 0.6 is 0 Å². The number of aryl methyl sites for hydroxylation is 2. The summed E-state index contributed by atoms with van der Waals surface area (Å²) in [6.07, 6.45) is 2.30. The highest BCUT2D eigenvalue weighted by molar-refractivity contribution is 5.93. The molecule has 0 aliphatic carbocycles. The molecule has 6 heteroatoms. The molecule has 1 aromatic carbocycles. The van der Waals surface area contributed by atoms with Crippen LogP contribution in [0.2, 0.25) is 0 Å². The highest BCUT2D eigenvalue weighted by Gasteiger charge is 2.20. The van der Waals surface area contributed by atoms with Gasteiger partial charge in [-0.15, -0.1) is 10.2 Å². The normalized spacial score (nSPS) is 14.4. The maximum absolute atomic E-state index is 12.3. The summed E-state index contributed by atoms with van der Waals surface area (Å²) in [5, 5.41) is 11.3. The van der Waals surface area contributed by atoms with Crippen LogP contribution in [0.3, 0.4) is 0 Å². The lowest BCUT2D eigenvalue weighted by molar-refractivity contribution is -0.117. The van der Waals surface area contributed by atoms with Crippen LogP contribution in [0.15, 0.2) is 18.5 Å². The van der Waals surface area contributed by atoms with E-state index in [1.54, 1.807) is 6.33 Å². The molecule has 2 aromatic rings. The number of anilines is 2. The monoisotopic (exact) mass is 341 g/mol. The molecule has 1 aromatic heterocycles. The number of rotatable bonds is 3. The van der Waals surface area contributed by atoms with Gasteiger partial charge in [0.05, 0.1) is 6.54 Å². The molecule has 0 saturated carbocycles. The van der Waals surface area contributed by atoms with Gasteiger partial charge in [0.2, 0.25) is 5.91 Å². The molecule has 0 fully saturated rings. The number of amides is 1. The van der Waals surface area contributed by atoms with Crippen LogP contribution in [0, 0.1) is 19.3 Å². The molecule has 0 radical (unpaired) electrons. The Hall–Kier alpha value is -2.37. The van der Waals surface area contributed by atoms with Crippen molar-refractivity contribution in [2.45, 2.75) is 54.1 Å². The maximum atomic E-state index is 12.3. The fourth-order valence-electron chi connectivity index (χ4n) is 3.27. The molecule has 6 nitrogen and oxygen atoms in total. The van der Waals surface area contributed by atoms with Crippen molar-refractivity contribution in [3.8, 4) is 0 Å². The van der Waals surface area contributed by atoms with Gasteiger partial charge in [-0.05, 0) is 42.5 Å². The second-order valence-corrected chi connectivity index (χ2v) is 8.10. The van der Waals surface area contributed by atoms with E-state index in [0.717, 1.165) is 48.0 Å². The van der Waals surface area contributed by atoms with E-state index in [2.05, 4.69) is 71.7 Å². The van der Waals surface area contributed by atoms with Gasteiger partial charge in [0.25, 0.3) is 0 Å². The Kier molecular flexibility index (Phi) is 4.54. The Morgan fingerprint density at radius 3 is 2.52 bits per heavy atom. The zero-order valence-corrected chi connectivity index (χ0v) is 15.8. The van der Waals surface area contributed by atoms with Crippen LogP contribution < -0.4 is 10.2 Å².